The number of benzene rings is 1. The van der Waals surface area contributed by atoms with Crippen LogP contribution in [0.15, 0.2) is 41.0 Å². The van der Waals surface area contributed by atoms with Gasteiger partial charge in [0.2, 0.25) is 5.95 Å². The summed E-state index contributed by atoms with van der Waals surface area (Å²) in [6.07, 6.45) is 1.65. The first-order valence-corrected chi connectivity index (χ1v) is 6.30. The van der Waals surface area contributed by atoms with Gasteiger partial charge in [0.1, 0.15) is 5.82 Å². The van der Waals surface area contributed by atoms with E-state index in [2.05, 4.69) is 55.7 Å². The minimum Gasteiger partial charge on any atom is -0.363 e. The Balaban J connectivity index is 2.10. The number of halogens is 1. The van der Waals surface area contributed by atoms with Crippen LogP contribution in [-0.4, -0.2) is 9.97 Å². The van der Waals surface area contributed by atoms with Gasteiger partial charge in [-0.3, -0.25) is 5.43 Å². The quantitative estimate of drug-likeness (QED) is 0.598. The predicted octanol–water partition coefficient (Wildman–Crippen LogP) is 2.70. The van der Waals surface area contributed by atoms with Crippen molar-refractivity contribution in [2.45, 2.75) is 13.0 Å². The first kappa shape index (κ1) is 12.8. The number of rotatable bonds is 4. The van der Waals surface area contributed by atoms with Crippen molar-refractivity contribution in [1.29, 1.82) is 0 Å². The Morgan fingerprint density at radius 3 is 2.61 bits per heavy atom. The summed E-state index contributed by atoms with van der Waals surface area (Å²) < 4.78 is 1.06. The molecular formula is C12H14BrN5. The summed E-state index contributed by atoms with van der Waals surface area (Å²) in [5.74, 6) is 6.39. The van der Waals surface area contributed by atoms with Crippen LogP contribution in [0.25, 0.3) is 0 Å². The van der Waals surface area contributed by atoms with Gasteiger partial charge in [0.05, 0.1) is 0 Å². The molecule has 5 nitrogen and oxygen atoms in total. The molecule has 0 aliphatic carbocycles. The van der Waals surface area contributed by atoms with E-state index >= 15 is 0 Å². The van der Waals surface area contributed by atoms with Crippen LogP contribution < -0.4 is 16.6 Å². The van der Waals surface area contributed by atoms with E-state index in [9.17, 15) is 0 Å². The molecule has 0 amide bonds. The number of nitrogens with one attached hydrogen (secondary N) is 2. The highest BCUT2D eigenvalue weighted by Crippen LogP contribution is 2.20. The summed E-state index contributed by atoms with van der Waals surface area (Å²) in [5, 5.41) is 3.29. The lowest BCUT2D eigenvalue weighted by atomic mass is 10.1. The lowest BCUT2D eigenvalue weighted by molar-refractivity contribution is 0.871. The summed E-state index contributed by atoms with van der Waals surface area (Å²) in [4.78, 5) is 8.16. The van der Waals surface area contributed by atoms with E-state index in [4.69, 9.17) is 5.84 Å². The molecule has 0 aliphatic heterocycles. The standard InChI is InChI=1S/C12H14BrN5/c1-8(9-2-4-10(13)5-3-9)16-11-6-7-15-12(17-11)18-14/h2-8H,14H2,1H3,(H2,15,16,17,18). The van der Waals surface area contributed by atoms with Crippen molar-refractivity contribution >= 4 is 27.7 Å². The molecule has 4 N–H and O–H groups in total. The van der Waals surface area contributed by atoms with E-state index in [1.807, 2.05) is 12.1 Å². The second-order valence-electron chi connectivity index (χ2n) is 3.83. The van der Waals surface area contributed by atoms with E-state index < -0.39 is 0 Å². The Morgan fingerprint density at radius 2 is 1.94 bits per heavy atom. The van der Waals surface area contributed by atoms with Gasteiger partial charge in [0.25, 0.3) is 0 Å². The molecule has 1 unspecified atom stereocenters. The zero-order chi connectivity index (χ0) is 13.0. The van der Waals surface area contributed by atoms with Crippen molar-refractivity contribution < 1.29 is 0 Å². The second-order valence-corrected chi connectivity index (χ2v) is 4.74. The molecule has 0 saturated carbocycles. The van der Waals surface area contributed by atoms with Crippen molar-refractivity contribution in [2.24, 2.45) is 5.84 Å². The summed E-state index contributed by atoms with van der Waals surface area (Å²) in [7, 11) is 0. The molecular weight excluding hydrogens is 294 g/mol. The van der Waals surface area contributed by atoms with Gasteiger partial charge in [-0.2, -0.15) is 4.98 Å². The fourth-order valence-electron chi connectivity index (χ4n) is 1.57. The second kappa shape index (κ2) is 5.79. The maximum atomic E-state index is 5.27. The number of hydrogen-bond donors (Lipinski definition) is 3. The van der Waals surface area contributed by atoms with E-state index in [1.165, 1.54) is 5.56 Å². The Morgan fingerprint density at radius 1 is 1.22 bits per heavy atom. The van der Waals surface area contributed by atoms with Crippen LogP contribution in [0.3, 0.4) is 0 Å². The summed E-state index contributed by atoms with van der Waals surface area (Å²) >= 11 is 3.42. The molecule has 2 rings (SSSR count). The van der Waals surface area contributed by atoms with Crippen molar-refractivity contribution in [3.05, 3.63) is 46.6 Å². The number of hydrogen-bond acceptors (Lipinski definition) is 5. The van der Waals surface area contributed by atoms with Gasteiger partial charge in [-0.1, -0.05) is 28.1 Å². The van der Waals surface area contributed by atoms with Crippen LogP contribution >= 0.6 is 15.9 Å². The number of hydrazine groups is 1. The number of aromatic nitrogens is 2. The molecule has 0 aliphatic rings. The first-order valence-electron chi connectivity index (χ1n) is 5.50. The molecule has 0 saturated heterocycles. The molecule has 94 valence electrons. The van der Waals surface area contributed by atoms with Crippen molar-refractivity contribution in [2.75, 3.05) is 10.7 Å². The van der Waals surface area contributed by atoms with Crippen LogP contribution in [0.1, 0.15) is 18.5 Å². The Labute approximate surface area is 114 Å². The third-order valence-corrected chi connectivity index (χ3v) is 3.05. The molecule has 18 heavy (non-hydrogen) atoms. The first-order chi connectivity index (χ1) is 8.69. The van der Waals surface area contributed by atoms with Crippen LogP contribution in [0.2, 0.25) is 0 Å². The monoisotopic (exact) mass is 307 g/mol. The summed E-state index contributed by atoms with van der Waals surface area (Å²) in [6.45, 7) is 2.07. The summed E-state index contributed by atoms with van der Waals surface area (Å²) in [5.41, 5.74) is 3.60. The van der Waals surface area contributed by atoms with Gasteiger partial charge < -0.3 is 5.32 Å². The van der Waals surface area contributed by atoms with E-state index in [1.54, 1.807) is 12.3 Å². The third kappa shape index (κ3) is 3.18. The fourth-order valence-corrected chi connectivity index (χ4v) is 1.83. The number of nitrogen functional groups attached to an aromatic ring is 1. The van der Waals surface area contributed by atoms with Crippen molar-refractivity contribution in [3.8, 4) is 0 Å². The Kier molecular flexibility index (Phi) is 4.11. The van der Waals surface area contributed by atoms with Crippen molar-refractivity contribution in [1.82, 2.24) is 9.97 Å². The van der Waals surface area contributed by atoms with Gasteiger partial charge in [0, 0.05) is 16.7 Å². The molecule has 1 aromatic heterocycles. The highest BCUT2D eigenvalue weighted by atomic mass is 79.9. The minimum atomic E-state index is 0.152. The SMILES string of the molecule is CC(Nc1ccnc(NN)n1)c1ccc(Br)cc1. The average molecular weight is 308 g/mol. The molecule has 1 heterocycles. The van der Waals surface area contributed by atoms with E-state index in [0.717, 1.165) is 10.3 Å². The number of nitrogens with zero attached hydrogens (tertiary/aromatic N) is 2. The topological polar surface area (TPSA) is 75.9 Å². The zero-order valence-corrected chi connectivity index (χ0v) is 11.5. The van der Waals surface area contributed by atoms with Gasteiger partial charge in [-0.05, 0) is 30.7 Å². The average Bonchev–Trinajstić information content (AvgIpc) is 2.39. The molecule has 1 aromatic carbocycles. The Bertz CT molecular complexity index is 514. The number of nitrogens with two attached hydrogens (primary N) is 1. The molecule has 6 heteroatoms. The van der Waals surface area contributed by atoms with Gasteiger partial charge in [0.15, 0.2) is 0 Å². The lowest BCUT2D eigenvalue weighted by Crippen LogP contribution is -2.13. The third-order valence-electron chi connectivity index (χ3n) is 2.52. The van der Waals surface area contributed by atoms with Crippen LogP contribution in [-0.2, 0) is 0 Å². The normalized spacial score (nSPS) is 11.9. The van der Waals surface area contributed by atoms with Gasteiger partial charge in [-0.25, -0.2) is 10.8 Å². The highest BCUT2D eigenvalue weighted by Gasteiger charge is 2.06. The molecule has 0 spiro atoms. The van der Waals surface area contributed by atoms with E-state index in [-0.39, 0.29) is 6.04 Å². The van der Waals surface area contributed by atoms with E-state index in [0.29, 0.717) is 5.95 Å². The fraction of sp³-hybridized carbons (Fsp3) is 0.167. The van der Waals surface area contributed by atoms with Gasteiger partial charge in [-0.15, -0.1) is 0 Å². The Hall–Kier alpha value is -1.66. The lowest BCUT2D eigenvalue weighted by Gasteiger charge is -2.15. The summed E-state index contributed by atoms with van der Waals surface area (Å²) in [6, 6.07) is 10.1. The maximum absolute atomic E-state index is 5.27. The molecule has 2 aromatic rings. The minimum absolute atomic E-state index is 0.152. The molecule has 0 radical (unpaired) electrons. The zero-order valence-electron chi connectivity index (χ0n) is 9.89. The smallest absolute Gasteiger partial charge is 0.239 e. The van der Waals surface area contributed by atoms with Crippen LogP contribution in [0.5, 0.6) is 0 Å². The van der Waals surface area contributed by atoms with Crippen LogP contribution in [0, 0.1) is 0 Å². The molecule has 0 fully saturated rings. The van der Waals surface area contributed by atoms with Crippen LogP contribution in [0.4, 0.5) is 11.8 Å². The largest absolute Gasteiger partial charge is 0.363 e. The predicted molar refractivity (Wildman–Crippen MR) is 76.0 cm³/mol. The molecule has 0 bridgehead atoms. The highest BCUT2D eigenvalue weighted by molar-refractivity contribution is 9.10. The molecule has 1 atom stereocenters. The van der Waals surface area contributed by atoms with Crippen molar-refractivity contribution in [3.63, 3.8) is 0 Å². The van der Waals surface area contributed by atoms with Gasteiger partial charge >= 0.3 is 0 Å². The number of anilines is 2. The maximum Gasteiger partial charge on any atom is 0.239 e.